The van der Waals surface area contributed by atoms with E-state index in [4.69, 9.17) is 4.74 Å². The molecule has 0 radical (unpaired) electrons. The maximum Gasteiger partial charge on any atom is 0.471 e. The van der Waals surface area contributed by atoms with Crippen LogP contribution in [0, 0.1) is 0 Å². The van der Waals surface area contributed by atoms with Crippen LogP contribution < -0.4 is 5.32 Å². The van der Waals surface area contributed by atoms with Gasteiger partial charge in [-0.3, -0.25) is 4.79 Å². The van der Waals surface area contributed by atoms with Crippen molar-refractivity contribution in [2.75, 3.05) is 13.1 Å². The number of carbonyl (C=O) groups is 2. The molecule has 0 spiro atoms. The van der Waals surface area contributed by atoms with Crippen LogP contribution in [-0.2, 0) is 16.1 Å². The lowest BCUT2D eigenvalue weighted by Crippen LogP contribution is -2.48. The smallest absolute Gasteiger partial charge is 0.445 e. The summed E-state index contributed by atoms with van der Waals surface area (Å²) in [6.45, 7) is 0.285. The lowest BCUT2D eigenvalue weighted by Gasteiger charge is -2.22. The van der Waals surface area contributed by atoms with Crippen LogP contribution >= 0.6 is 0 Å². The predicted octanol–water partition coefficient (Wildman–Crippen LogP) is 1.83. The molecule has 0 bridgehead atoms. The summed E-state index contributed by atoms with van der Waals surface area (Å²) in [4.78, 5) is 24.4. The molecule has 138 valence electrons. The van der Waals surface area contributed by atoms with Gasteiger partial charge in [0.2, 0.25) is 0 Å². The van der Waals surface area contributed by atoms with Crippen molar-refractivity contribution < 1.29 is 32.6 Å². The molecule has 9 heteroatoms. The van der Waals surface area contributed by atoms with E-state index in [1.54, 1.807) is 29.6 Å². The molecule has 2 rings (SSSR count). The van der Waals surface area contributed by atoms with Gasteiger partial charge in [-0.05, 0) is 18.4 Å². The minimum Gasteiger partial charge on any atom is -0.445 e. The zero-order chi connectivity index (χ0) is 18.4. The van der Waals surface area contributed by atoms with E-state index < -0.39 is 30.3 Å². The highest BCUT2D eigenvalue weighted by Gasteiger charge is 2.41. The number of benzene rings is 1. The number of nitrogens with zero attached hydrogens (tertiary/aromatic N) is 1. The van der Waals surface area contributed by atoms with Gasteiger partial charge in [-0.1, -0.05) is 30.3 Å². The molecule has 1 heterocycles. The summed E-state index contributed by atoms with van der Waals surface area (Å²) in [7, 11) is 0. The van der Waals surface area contributed by atoms with Crippen molar-refractivity contribution in [2.24, 2.45) is 0 Å². The molecule has 1 aromatic carbocycles. The number of nitrogens with one attached hydrogen (secondary N) is 1. The summed E-state index contributed by atoms with van der Waals surface area (Å²) in [6, 6.07) is 7.96. The maximum absolute atomic E-state index is 12.3. The van der Waals surface area contributed by atoms with E-state index in [0.717, 1.165) is 5.56 Å². The molecule has 1 aliphatic heterocycles. The van der Waals surface area contributed by atoms with Crippen molar-refractivity contribution >= 4 is 12.0 Å². The molecule has 1 aromatic rings. The highest BCUT2D eigenvalue weighted by Crippen LogP contribution is 2.18. The minimum atomic E-state index is -5.01. The number of likely N-dealkylation sites (tertiary alicyclic amines) is 1. The second-order valence-electron chi connectivity index (χ2n) is 5.75. The molecule has 2 N–H and O–H groups in total. The third-order valence-electron chi connectivity index (χ3n) is 3.91. The Bertz CT molecular complexity index is 595. The van der Waals surface area contributed by atoms with Crippen LogP contribution in [0.4, 0.5) is 18.0 Å². The van der Waals surface area contributed by atoms with E-state index in [1.165, 1.54) is 4.90 Å². The van der Waals surface area contributed by atoms with Gasteiger partial charge < -0.3 is 20.1 Å². The van der Waals surface area contributed by atoms with Crippen molar-refractivity contribution in [3.8, 4) is 0 Å². The summed E-state index contributed by atoms with van der Waals surface area (Å²) >= 11 is 0. The van der Waals surface area contributed by atoms with Crippen LogP contribution in [0.25, 0.3) is 0 Å². The largest absolute Gasteiger partial charge is 0.471 e. The summed E-state index contributed by atoms with van der Waals surface area (Å²) in [5.74, 6) is -2.10. The Balaban J connectivity index is 1.86. The van der Waals surface area contributed by atoms with E-state index >= 15 is 0 Å². The molecular formula is C16H19F3N2O4. The fourth-order valence-corrected chi connectivity index (χ4v) is 2.50. The molecule has 1 saturated heterocycles. The van der Waals surface area contributed by atoms with Gasteiger partial charge in [-0.2, -0.15) is 13.2 Å². The highest BCUT2D eigenvalue weighted by atomic mass is 19.4. The molecule has 1 aliphatic rings. The van der Waals surface area contributed by atoms with Crippen LogP contribution in [0.5, 0.6) is 0 Å². The number of carbonyl (C=O) groups excluding carboxylic acids is 2. The van der Waals surface area contributed by atoms with Gasteiger partial charge in [-0.25, -0.2) is 4.79 Å². The number of aliphatic hydroxyl groups excluding tert-OH is 1. The van der Waals surface area contributed by atoms with Gasteiger partial charge in [0.25, 0.3) is 0 Å². The topological polar surface area (TPSA) is 78.9 Å². The van der Waals surface area contributed by atoms with E-state index in [1.807, 2.05) is 6.07 Å². The Morgan fingerprint density at radius 3 is 2.48 bits per heavy atom. The zero-order valence-electron chi connectivity index (χ0n) is 13.3. The van der Waals surface area contributed by atoms with E-state index in [9.17, 15) is 27.9 Å². The number of halogens is 3. The summed E-state index contributed by atoms with van der Waals surface area (Å²) in [5.41, 5.74) is 0.807. The average Bonchev–Trinajstić information content (AvgIpc) is 2.75. The molecule has 6 nitrogen and oxygen atoms in total. The average molecular weight is 360 g/mol. The number of hydrogen-bond acceptors (Lipinski definition) is 4. The van der Waals surface area contributed by atoms with E-state index in [0.29, 0.717) is 0 Å². The second kappa shape index (κ2) is 8.19. The standard InChI is InChI=1S/C16H19F3N2O4/c17-16(18,19)14(23)20-12-6-8-21(9-7-13(12)22)15(24)25-10-11-4-2-1-3-5-11/h1-5,12-13,22H,6-10H2,(H,20,23). The van der Waals surface area contributed by atoms with Gasteiger partial charge >= 0.3 is 18.2 Å². The molecule has 25 heavy (non-hydrogen) atoms. The first kappa shape index (κ1) is 19.0. The molecule has 0 aromatic heterocycles. The molecule has 1 fully saturated rings. The number of rotatable bonds is 3. The minimum absolute atomic E-state index is 0.00340. The Morgan fingerprint density at radius 2 is 1.84 bits per heavy atom. The number of ether oxygens (including phenoxy) is 1. The Labute approximate surface area is 142 Å². The first-order chi connectivity index (χ1) is 11.8. The quantitative estimate of drug-likeness (QED) is 0.862. The lowest BCUT2D eigenvalue weighted by molar-refractivity contribution is -0.175. The van der Waals surface area contributed by atoms with Crippen LogP contribution in [0.3, 0.4) is 0 Å². The predicted molar refractivity (Wildman–Crippen MR) is 81.4 cm³/mol. The van der Waals surface area contributed by atoms with Crippen LogP contribution in [0.2, 0.25) is 0 Å². The molecule has 0 saturated carbocycles. The molecule has 2 amide bonds. The molecule has 2 unspecified atom stereocenters. The highest BCUT2D eigenvalue weighted by molar-refractivity contribution is 5.82. The van der Waals surface area contributed by atoms with Gasteiger partial charge in [-0.15, -0.1) is 0 Å². The number of aliphatic hydroxyl groups is 1. The third-order valence-corrected chi connectivity index (χ3v) is 3.91. The van der Waals surface area contributed by atoms with Gasteiger partial charge in [0.15, 0.2) is 0 Å². The SMILES string of the molecule is O=C(OCc1ccccc1)N1CCC(O)C(NC(=O)C(F)(F)F)CC1. The maximum atomic E-state index is 12.3. The number of hydrogen-bond donors (Lipinski definition) is 2. The third kappa shape index (κ3) is 5.63. The van der Waals surface area contributed by atoms with Crippen molar-refractivity contribution in [1.82, 2.24) is 10.2 Å². The fraction of sp³-hybridized carbons (Fsp3) is 0.500. The molecular weight excluding hydrogens is 341 g/mol. The second-order valence-corrected chi connectivity index (χ2v) is 5.75. The normalized spacial score (nSPS) is 21.4. The number of alkyl halides is 3. The fourth-order valence-electron chi connectivity index (χ4n) is 2.50. The van der Waals surface area contributed by atoms with Crippen LogP contribution in [0.15, 0.2) is 30.3 Å². The van der Waals surface area contributed by atoms with Crippen molar-refractivity contribution in [3.63, 3.8) is 0 Å². The van der Waals surface area contributed by atoms with E-state index in [-0.39, 0.29) is 32.5 Å². The van der Waals surface area contributed by atoms with Crippen molar-refractivity contribution in [1.29, 1.82) is 0 Å². The van der Waals surface area contributed by atoms with E-state index in [2.05, 4.69) is 0 Å². The first-order valence-corrected chi connectivity index (χ1v) is 7.78. The Kier molecular flexibility index (Phi) is 6.24. The van der Waals surface area contributed by atoms with Crippen molar-refractivity contribution in [3.05, 3.63) is 35.9 Å². The monoisotopic (exact) mass is 360 g/mol. The Morgan fingerprint density at radius 1 is 1.20 bits per heavy atom. The number of amides is 2. The zero-order valence-corrected chi connectivity index (χ0v) is 13.3. The molecule has 0 aliphatic carbocycles. The lowest BCUT2D eigenvalue weighted by atomic mass is 10.1. The summed E-state index contributed by atoms with van der Waals surface area (Å²) in [6.07, 6.45) is -6.75. The van der Waals surface area contributed by atoms with Gasteiger partial charge in [0.1, 0.15) is 6.61 Å². The van der Waals surface area contributed by atoms with Crippen LogP contribution in [0.1, 0.15) is 18.4 Å². The van der Waals surface area contributed by atoms with Crippen LogP contribution in [-0.4, -0.2) is 53.4 Å². The first-order valence-electron chi connectivity index (χ1n) is 7.78. The summed E-state index contributed by atoms with van der Waals surface area (Å²) < 4.78 is 42.1. The van der Waals surface area contributed by atoms with Gasteiger partial charge in [0.05, 0.1) is 12.1 Å². The van der Waals surface area contributed by atoms with Gasteiger partial charge in [0, 0.05) is 13.1 Å². The van der Waals surface area contributed by atoms with Crippen molar-refractivity contribution in [2.45, 2.75) is 37.8 Å². The summed E-state index contributed by atoms with van der Waals surface area (Å²) in [5, 5.41) is 11.7. The molecule has 2 atom stereocenters. The Hall–Kier alpha value is -2.29.